The standard InChI is InChI=1S/C15H21NO/c1-3-7-13(4-2)16-11-10-12-8-5-6-9-14(12)15(16)17/h5-6,8-9,13H,3-4,7,10-11H2,1-2H3. The predicted molar refractivity (Wildman–Crippen MR) is 70.2 cm³/mol. The molecule has 0 saturated heterocycles. The van der Waals surface area contributed by atoms with Gasteiger partial charge in [-0.1, -0.05) is 38.5 Å². The Hall–Kier alpha value is -1.31. The summed E-state index contributed by atoms with van der Waals surface area (Å²) in [5.41, 5.74) is 2.12. The minimum absolute atomic E-state index is 0.229. The van der Waals surface area contributed by atoms with E-state index in [1.54, 1.807) is 0 Å². The molecule has 1 aromatic carbocycles. The van der Waals surface area contributed by atoms with Gasteiger partial charge in [0.15, 0.2) is 0 Å². The SMILES string of the molecule is CCCC(CC)N1CCc2ccccc2C1=O. The molecule has 2 rings (SSSR count). The smallest absolute Gasteiger partial charge is 0.254 e. The van der Waals surface area contributed by atoms with Crippen molar-refractivity contribution < 1.29 is 4.79 Å². The molecule has 0 aromatic heterocycles. The summed E-state index contributed by atoms with van der Waals surface area (Å²) < 4.78 is 0. The normalized spacial score (nSPS) is 16.8. The first kappa shape index (κ1) is 12.2. The van der Waals surface area contributed by atoms with Gasteiger partial charge in [0.1, 0.15) is 0 Å². The zero-order valence-corrected chi connectivity index (χ0v) is 10.8. The van der Waals surface area contributed by atoms with Gasteiger partial charge in [-0.05, 0) is 30.9 Å². The van der Waals surface area contributed by atoms with Crippen LogP contribution in [0.4, 0.5) is 0 Å². The van der Waals surface area contributed by atoms with E-state index >= 15 is 0 Å². The van der Waals surface area contributed by atoms with Gasteiger partial charge in [0, 0.05) is 18.2 Å². The summed E-state index contributed by atoms with van der Waals surface area (Å²) in [5.74, 6) is 0.229. The van der Waals surface area contributed by atoms with E-state index in [2.05, 4.69) is 24.8 Å². The molecule has 92 valence electrons. The molecule has 2 nitrogen and oxygen atoms in total. The number of carbonyl (C=O) groups is 1. The Labute approximate surface area is 104 Å². The fourth-order valence-electron chi connectivity index (χ4n) is 2.71. The number of carbonyl (C=O) groups excluding carboxylic acids is 1. The highest BCUT2D eigenvalue weighted by Crippen LogP contribution is 2.23. The molecule has 0 aliphatic carbocycles. The first-order chi connectivity index (χ1) is 8.27. The lowest BCUT2D eigenvalue weighted by molar-refractivity contribution is 0.0643. The second-order valence-electron chi connectivity index (χ2n) is 4.76. The average molecular weight is 231 g/mol. The largest absolute Gasteiger partial charge is 0.335 e. The van der Waals surface area contributed by atoms with E-state index in [1.807, 2.05) is 18.2 Å². The maximum absolute atomic E-state index is 12.4. The fraction of sp³-hybridized carbons (Fsp3) is 0.533. The molecule has 0 N–H and O–H groups in total. The Morgan fingerprint density at radius 2 is 2.06 bits per heavy atom. The number of rotatable bonds is 4. The van der Waals surface area contributed by atoms with Crippen LogP contribution in [0.1, 0.15) is 49.0 Å². The van der Waals surface area contributed by atoms with Gasteiger partial charge in [0.05, 0.1) is 0 Å². The molecule has 17 heavy (non-hydrogen) atoms. The Morgan fingerprint density at radius 1 is 1.29 bits per heavy atom. The number of fused-ring (bicyclic) bond motifs is 1. The lowest BCUT2D eigenvalue weighted by Crippen LogP contribution is -2.44. The molecule has 1 unspecified atom stereocenters. The third-order valence-electron chi connectivity index (χ3n) is 3.66. The number of hydrogen-bond donors (Lipinski definition) is 0. The molecule has 1 aromatic rings. The Balaban J connectivity index is 2.22. The van der Waals surface area contributed by atoms with Crippen molar-refractivity contribution in [2.24, 2.45) is 0 Å². The quantitative estimate of drug-likeness (QED) is 0.779. The van der Waals surface area contributed by atoms with Gasteiger partial charge in [-0.3, -0.25) is 4.79 Å². The first-order valence-corrected chi connectivity index (χ1v) is 6.66. The molecule has 1 atom stereocenters. The number of nitrogens with zero attached hydrogens (tertiary/aromatic N) is 1. The summed E-state index contributed by atoms with van der Waals surface area (Å²) in [5, 5.41) is 0. The van der Waals surface area contributed by atoms with Crippen molar-refractivity contribution in [1.82, 2.24) is 4.90 Å². The third kappa shape index (κ3) is 2.36. The molecule has 0 fully saturated rings. The summed E-state index contributed by atoms with van der Waals surface area (Å²) in [7, 11) is 0. The van der Waals surface area contributed by atoms with Crippen LogP contribution >= 0.6 is 0 Å². The zero-order chi connectivity index (χ0) is 12.3. The van der Waals surface area contributed by atoms with Crippen molar-refractivity contribution >= 4 is 5.91 Å². The monoisotopic (exact) mass is 231 g/mol. The van der Waals surface area contributed by atoms with Crippen molar-refractivity contribution in [3.05, 3.63) is 35.4 Å². The second kappa shape index (κ2) is 5.35. The molecule has 1 aliphatic heterocycles. The van der Waals surface area contributed by atoms with Gasteiger partial charge in [-0.2, -0.15) is 0 Å². The second-order valence-corrected chi connectivity index (χ2v) is 4.76. The van der Waals surface area contributed by atoms with Crippen molar-refractivity contribution in [2.45, 2.75) is 45.6 Å². The van der Waals surface area contributed by atoms with Crippen LogP contribution in [0.15, 0.2) is 24.3 Å². The fourth-order valence-corrected chi connectivity index (χ4v) is 2.71. The van der Waals surface area contributed by atoms with Gasteiger partial charge in [0.2, 0.25) is 0 Å². The van der Waals surface area contributed by atoms with Gasteiger partial charge in [0.25, 0.3) is 5.91 Å². The van der Waals surface area contributed by atoms with E-state index in [9.17, 15) is 4.79 Å². The van der Waals surface area contributed by atoms with Crippen molar-refractivity contribution in [2.75, 3.05) is 6.54 Å². The molecule has 1 heterocycles. The number of amides is 1. The van der Waals surface area contributed by atoms with Crippen molar-refractivity contribution in [3.63, 3.8) is 0 Å². The molecular weight excluding hydrogens is 210 g/mol. The van der Waals surface area contributed by atoms with Crippen LogP contribution in [0.5, 0.6) is 0 Å². The van der Waals surface area contributed by atoms with Gasteiger partial charge < -0.3 is 4.90 Å². The summed E-state index contributed by atoms with van der Waals surface area (Å²) in [6.45, 7) is 5.24. The molecule has 1 amide bonds. The molecule has 0 bridgehead atoms. The van der Waals surface area contributed by atoms with Crippen LogP contribution in [0.3, 0.4) is 0 Å². The van der Waals surface area contributed by atoms with Crippen LogP contribution in [0.25, 0.3) is 0 Å². The van der Waals surface area contributed by atoms with E-state index in [-0.39, 0.29) is 5.91 Å². The Morgan fingerprint density at radius 3 is 2.76 bits per heavy atom. The minimum atomic E-state index is 0.229. The van der Waals surface area contributed by atoms with Crippen LogP contribution in [0, 0.1) is 0 Å². The van der Waals surface area contributed by atoms with Gasteiger partial charge in [-0.15, -0.1) is 0 Å². The van der Waals surface area contributed by atoms with E-state index in [4.69, 9.17) is 0 Å². The van der Waals surface area contributed by atoms with E-state index < -0.39 is 0 Å². The van der Waals surface area contributed by atoms with E-state index in [1.165, 1.54) is 5.56 Å². The molecular formula is C15H21NO. The van der Waals surface area contributed by atoms with Crippen molar-refractivity contribution in [1.29, 1.82) is 0 Å². The summed E-state index contributed by atoms with van der Waals surface area (Å²) in [6.07, 6.45) is 4.32. The van der Waals surface area contributed by atoms with Crippen LogP contribution in [0.2, 0.25) is 0 Å². The van der Waals surface area contributed by atoms with E-state index in [0.717, 1.165) is 37.8 Å². The zero-order valence-electron chi connectivity index (χ0n) is 10.8. The average Bonchev–Trinajstić information content (AvgIpc) is 2.37. The topological polar surface area (TPSA) is 20.3 Å². The molecule has 0 radical (unpaired) electrons. The minimum Gasteiger partial charge on any atom is -0.335 e. The summed E-state index contributed by atoms with van der Waals surface area (Å²) >= 11 is 0. The maximum atomic E-state index is 12.4. The highest BCUT2D eigenvalue weighted by atomic mass is 16.2. The molecule has 2 heteroatoms. The van der Waals surface area contributed by atoms with Crippen LogP contribution in [-0.4, -0.2) is 23.4 Å². The predicted octanol–water partition coefficient (Wildman–Crippen LogP) is 3.26. The summed E-state index contributed by atoms with van der Waals surface area (Å²) in [6, 6.07) is 8.43. The Kier molecular flexibility index (Phi) is 3.82. The Bertz CT molecular complexity index is 400. The summed E-state index contributed by atoms with van der Waals surface area (Å²) in [4.78, 5) is 14.5. The highest BCUT2D eigenvalue weighted by Gasteiger charge is 2.28. The van der Waals surface area contributed by atoms with Gasteiger partial charge in [-0.25, -0.2) is 0 Å². The van der Waals surface area contributed by atoms with Crippen molar-refractivity contribution in [3.8, 4) is 0 Å². The number of benzene rings is 1. The molecule has 1 aliphatic rings. The van der Waals surface area contributed by atoms with Crippen LogP contribution in [-0.2, 0) is 6.42 Å². The van der Waals surface area contributed by atoms with Crippen LogP contribution < -0.4 is 0 Å². The number of hydrogen-bond acceptors (Lipinski definition) is 1. The third-order valence-corrected chi connectivity index (χ3v) is 3.66. The van der Waals surface area contributed by atoms with Gasteiger partial charge >= 0.3 is 0 Å². The maximum Gasteiger partial charge on any atom is 0.254 e. The first-order valence-electron chi connectivity index (χ1n) is 6.66. The molecule has 0 spiro atoms. The lowest BCUT2D eigenvalue weighted by Gasteiger charge is -2.35. The van der Waals surface area contributed by atoms with E-state index in [0.29, 0.717) is 6.04 Å². The highest BCUT2D eigenvalue weighted by molar-refractivity contribution is 5.96. The lowest BCUT2D eigenvalue weighted by atomic mass is 9.96. The molecule has 0 saturated carbocycles.